The molecule has 0 aromatic carbocycles. The Morgan fingerprint density at radius 2 is 2.50 bits per heavy atom. The Bertz CT molecular complexity index is 361. The van der Waals surface area contributed by atoms with Gasteiger partial charge in [-0.2, -0.15) is 0 Å². The number of esters is 1. The lowest BCUT2D eigenvalue weighted by molar-refractivity contribution is 0.0521. The van der Waals surface area contributed by atoms with Gasteiger partial charge in [-0.15, -0.1) is 11.3 Å². The van der Waals surface area contributed by atoms with E-state index < -0.39 is 0 Å². The normalized spacial score (nSPS) is 15.6. The molecule has 88 valence electrons. The number of anilines is 1. The molecule has 0 atom stereocenters. The Kier molecular flexibility index (Phi) is 3.77. The minimum atomic E-state index is -0.333. The van der Waals surface area contributed by atoms with Crippen molar-refractivity contribution in [1.29, 1.82) is 0 Å². The Morgan fingerprint density at radius 1 is 1.69 bits per heavy atom. The number of aromatic nitrogens is 1. The maximum Gasteiger partial charge on any atom is 0.360 e. The van der Waals surface area contributed by atoms with Crippen LogP contribution in [-0.2, 0) is 4.74 Å². The smallest absolute Gasteiger partial charge is 0.360 e. The van der Waals surface area contributed by atoms with Crippen LogP contribution in [0.4, 0.5) is 5.00 Å². The van der Waals surface area contributed by atoms with Crippen molar-refractivity contribution in [3.63, 3.8) is 0 Å². The van der Waals surface area contributed by atoms with E-state index in [9.17, 15) is 4.79 Å². The second kappa shape index (κ2) is 5.30. The zero-order valence-electron chi connectivity index (χ0n) is 9.36. The van der Waals surface area contributed by atoms with E-state index in [1.54, 1.807) is 12.4 Å². The van der Waals surface area contributed by atoms with E-state index in [-0.39, 0.29) is 5.97 Å². The Morgan fingerprint density at radius 3 is 3.12 bits per heavy atom. The summed E-state index contributed by atoms with van der Waals surface area (Å²) in [5.74, 6) is 0.428. The van der Waals surface area contributed by atoms with Crippen molar-refractivity contribution in [3.05, 3.63) is 11.2 Å². The van der Waals surface area contributed by atoms with Gasteiger partial charge in [0.2, 0.25) is 0 Å². The van der Waals surface area contributed by atoms with Crippen LogP contribution < -0.4 is 5.32 Å². The van der Waals surface area contributed by atoms with E-state index >= 15 is 0 Å². The highest BCUT2D eigenvalue weighted by Crippen LogP contribution is 2.28. The number of carbonyl (C=O) groups excluding carboxylic acids is 1. The second-order valence-corrected chi connectivity index (χ2v) is 4.78. The fourth-order valence-corrected chi connectivity index (χ4v) is 2.33. The van der Waals surface area contributed by atoms with Crippen LogP contribution in [0, 0.1) is 5.92 Å². The molecule has 0 radical (unpaired) electrons. The Balaban J connectivity index is 1.92. The van der Waals surface area contributed by atoms with Crippen LogP contribution in [0.15, 0.2) is 5.51 Å². The molecule has 1 saturated carbocycles. The van der Waals surface area contributed by atoms with Crippen LogP contribution in [0.5, 0.6) is 0 Å². The van der Waals surface area contributed by atoms with Gasteiger partial charge in [-0.05, 0) is 25.7 Å². The molecule has 2 rings (SSSR count). The van der Waals surface area contributed by atoms with Gasteiger partial charge in [0.15, 0.2) is 5.69 Å². The third-order valence-corrected chi connectivity index (χ3v) is 3.60. The van der Waals surface area contributed by atoms with Crippen LogP contribution in [0.3, 0.4) is 0 Å². The average Bonchev–Trinajstić information content (AvgIpc) is 2.64. The molecule has 1 fully saturated rings. The molecule has 0 spiro atoms. The minimum absolute atomic E-state index is 0.333. The highest BCUT2D eigenvalue weighted by molar-refractivity contribution is 7.14. The van der Waals surface area contributed by atoms with Gasteiger partial charge in [-0.1, -0.05) is 6.42 Å². The van der Waals surface area contributed by atoms with Crippen molar-refractivity contribution in [1.82, 2.24) is 4.98 Å². The first-order valence-corrected chi connectivity index (χ1v) is 6.53. The standard InChI is InChI=1S/C11H16N2O2S/c1-2-15-11(14)9-10(16-7-13-9)12-6-8-4-3-5-8/h7-8,12H,2-6H2,1H3. The lowest BCUT2D eigenvalue weighted by Gasteiger charge is -2.25. The topological polar surface area (TPSA) is 51.2 Å². The van der Waals surface area contributed by atoms with Gasteiger partial charge >= 0.3 is 5.97 Å². The summed E-state index contributed by atoms with van der Waals surface area (Å²) in [5.41, 5.74) is 2.10. The van der Waals surface area contributed by atoms with Crippen molar-refractivity contribution in [3.8, 4) is 0 Å². The number of carbonyl (C=O) groups is 1. The second-order valence-electron chi connectivity index (χ2n) is 3.93. The zero-order valence-corrected chi connectivity index (χ0v) is 10.2. The molecule has 0 saturated heterocycles. The summed E-state index contributed by atoms with van der Waals surface area (Å²) in [7, 11) is 0. The zero-order chi connectivity index (χ0) is 11.4. The largest absolute Gasteiger partial charge is 0.461 e. The number of hydrogen-bond donors (Lipinski definition) is 1. The van der Waals surface area contributed by atoms with Crippen LogP contribution in [0.1, 0.15) is 36.7 Å². The maximum atomic E-state index is 11.5. The molecule has 1 aromatic rings. The lowest BCUT2D eigenvalue weighted by atomic mass is 9.85. The summed E-state index contributed by atoms with van der Waals surface area (Å²) in [6.07, 6.45) is 3.92. The fraction of sp³-hybridized carbons (Fsp3) is 0.636. The molecular formula is C11H16N2O2S. The Hall–Kier alpha value is -1.10. The monoisotopic (exact) mass is 240 g/mol. The molecule has 0 unspecified atom stereocenters. The van der Waals surface area contributed by atoms with E-state index in [2.05, 4.69) is 10.3 Å². The number of thiazole rings is 1. The Labute approximate surface area is 99.0 Å². The molecule has 4 nitrogen and oxygen atoms in total. The summed E-state index contributed by atoms with van der Waals surface area (Å²) in [4.78, 5) is 15.6. The molecule has 5 heteroatoms. The average molecular weight is 240 g/mol. The molecule has 0 amide bonds. The minimum Gasteiger partial charge on any atom is -0.461 e. The van der Waals surface area contributed by atoms with E-state index in [1.807, 2.05) is 0 Å². The van der Waals surface area contributed by atoms with Crippen molar-refractivity contribution in [2.75, 3.05) is 18.5 Å². The fourth-order valence-electron chi connectivity index (χ4n) is 1.65. The molecular weight excluding hydrogens is 224 g/mol. The summed E-state index contributed by atoms with van der Waals surface area (Å²) in [6, 6.07) is 0. The molecule has 0 aliphatic heterocycles. The van der Waals surface area contributed by atoms with E-state index in [0.717, 1.165) is 17.5 Å². The van der Waals surface area contributed by atoms with Crippen LogP contribution in [0.2, 0.25) is 0 Å². The summed E-state index contributed by atoms with van der Waals surface area (Å²) in [6.45, 7) is 3.12. The third-order valence-electron chi connectivity index (χ3n) is 2.81. The van der Waals surface area contributed by atoms with Crippen molar-refractivity contribution in [2.24, 2.45) is 5.92 Å². The van der Waals surface area contributed by atoms with Crippen molar-refractivity contribution >= 4 is 22.3 Å². The van der Waals surface area contributed by atoms with Crippen LogP contribution >= 0.6 is 11.3 Å². The van der Waals surface area contributed by atoms with Gasteiger partial charge in [0.1, 0.15) is 5.00 Å². The number of ether oxygens (including phenoxy) is 1. The SMILES string of the molecule is CCOC(=O)c1ncsc1NCC1CCC1. The predicted molar refractivity (Wildman–Crippen MR) is 63.9 cm³/mol. The summed E-state index contributed by atoms with van der Waals surface area (Å²) >= 11 is 1.46. The number of hydrogen-bond acceptors (Lipinski definition) is 5. The molecule has 1 aliphatic carbocycles. The first-order chi connectivity index (χ1) is 7.81. The first kappa shape index (κ1) is 11.4. The van der Waals surface area contributed by atoms with Gasteiger partial charge in [-0.25, -0.2) is 9.78 Å². The van der Waals surface area contributed by atoms with Crippen molar-refractivity contribution in [2.45, 2.75) is 26.2 Å². The van der Waals surface area contributed by atoms with Crippen LogP contribution in [-0.4, -0.2) is 24.1 Å². The number of nitrogens with one attached hydrogen (secondary N) is 1. The summed E-state index contributed by atoms with van der Waals surface area (Å²) < 4.78 is 4.94. The highest BCUT2D eigenvalue weighted by Gasteiger charge is 2.20. The van der Waals surface area contributed by atoms with Gasteiger partial charge < -0.3 is 10.1 Å². The predicted octanol–water partition coefficient (Wildman–Crippen LogP) is 2.53. The lowest BCUT2D eigenvalue weighted by Crippen LogP contribution is -2.21. The number of rotatable bonds is 5. The molecule has 0 bridgehead atoms. The van der Waals surface area contributed by atoms with Crippen molar-refractivity contribution < 1.29 is 9.53 Å². The van der Waals surface area contributed by atoms with E-state index in [4.69, 9.17) is 4.74 Å². The van der Waals surface area contributed by atoms with Gasteiger partial charge in [-0.3, -0.25) is 0 Å². The third kappa shape index (κ3) is 2.52. The molecule has 1 aromatic heterocycles. The van der Waals surface area contributed by atoms with E-state index in [0.29, 0.717) is 12.3 Å². The molecule has 1 aliphatic rings. The maximum absolute atomic E-state index is 11.5. The molecule has 16 heavy (non-hydrogen) atoms. The number of nitrogens with zero attached hydrogens (tertiary/aromatic N) is 1. The van der Waals surface area contributed by atoms with Gasteiger partial charge in [0.25, 0.3) is 0 Å². The van der Waals surface area contributed by atoms with Crippen LogP contribution in [0.25, 0.3) is 0 Å². The quantitative estimate of drug-likeness (QED) is 0.803. The van der Waals surface area contributed by atoms with Gasteiger partial charge in [0.05, 0.1) is 12.1 Å². The summed E-state index contributed by atoms with van der Waals surface area (Å²) in [5, 5.41) is 4.13. The molecule has 1 heterocycles. The highest BCUT2D eigenvalue weighted by atomic mass is 32.1. The molecule has 1 N–H and O–H groups in total. The van der Waals surface area contributed by atoms with E-state index in [1.165, 1.54) is 30.6 Å². The first-order valence-electron chi connectivity index (χ1n) is 5.65. The van der Waals surface area contributed by atoms with Gasteiger partial charge in [0, 0.05) is 6.54 Å².